The molecule has 7 rings (SSSR count). The average Bonchev–Trinajstić information content (AvgIpc) is 3.20. The number of benzene rings is 1. The van der Waals surface area contributed by atoms with E-state index in [4.69, 9.17) is 9.47 Å². The Labute approximate surface area is 204 Å². The third kappa shape index (κ3) is 3.21. The highest BCUT2D eigenvalue weighted by atomic mass is 16.5. The molecule has 2 saturated carbocycles. The third-order valence-corrected chi connectivity index (χ3v) is 10.8. The van der Waals surface area contributed by atoms with Crippen molar-refractivity contribution in [2.45, 2.75) is 71.1 Å². The Bertz CT molecular complexity index is 1100. The van der Waals surface area contributed by atoms with Crippen LogP contribution >= 0.6 is 0 Å². The second-order valence-corrected chi connectivity index (χ2v) is 12.2. The van der Waals surface area contributed by atoms with Gasteiger partial charge in [0.1, 0.15) is 5.75 Å². The fourth-order valence-electron chi connectivity index (χ4n) is 8.10. The molecule has 4 heterocycles. The Morgan fingerprint density at radius 3 is 2.68 bits per heavy atom. The van der Waals surface area contributed by atoms with Gasteiger partial charge in [-0.05, 0) is 97.1 Å². The van der Waals surface area contributed by atoms with Crippen molar-refractivity contribution in [1.29, 1.82) is 0 Å². The quantitative estimate of drug-likeness (QED) is 0.466. The lowest BCUT2D eigenvalue weighted by molar-refractivity contribution is -0.136. The number of methoxy groups -OCH3 is 1. The Hall–Kier alpha value is -1.91. The van der Waals surface area contributed by atoms with Crippen LogP contribution in [0.1, 0.15) is 64.5 Å². The predicted octanol–water partition coefficient (Wildman–Crippen LogP) is 6.41. The van der Waals surface area contributed by atoms with E-state index in [1.807, 2.05) is 12.3 Å². The Morgan fingerprint density at radius 1 is 1.18 bits per heavy atom. The SMILES string of the molecule is C=C[C@H]1CN2CC[C@H]1C[C@@H]2[C@@H](OC1CC2CCC1(C)C2(C)C)c1ccnc2ccc(OC)cc12. The van der Waals surface area contributed by atoms with Crippen molar-refractivity contribution in [3.05, 3.63) is 48.7 Å². The van der Waals surface area contributed by atoms with Crippen LogP contribution in [0.5, 0.6) is 5.75 Å². The number of fused-ring (bicyclic) bond motifs is 6. The molecule has 1 aromatic heterocycles. The van der Waals surface area contributed by atoms with E-state index in [1.165, 1.54) is 49.6 Å². The third-order valence-electron chi connectivity index (χ3n) is 10.8. The van der Waals surface area contributed by atoms with E-state index in [0.717, 1.165) is 23.7 Å². The summed E-state index contributed by atoms with van der Waals surface area (Å²) in [5.41, 5.74) is 2.88. The van der Waals surface area contributed by atoms with E-state index in [1.54, 1.807) is 7.11 Å². The molecular formula is C30H40N2O2. The van der Waals surface area contributed by atoms with Crippen LogP contribution in [0.15, 0.2) is 43.1 Å². The van der Waals surface area contributed by atoms with Gasteiger partial charge < -0.3 is 9.47 Å². The van der Waals surface area contributed by atoms with Gasteiger partial charge in [-0.15, -0.1) is 6.58 Å². The van der Waals surface area contributed by atoms with Gasteiger partial charge in [-0.25, -0.2) is 0 Å². The fourth-order valence-corrected chi connectivity index (χ4v) is 8.10. The number of hydrogen-bond acceptors (Lipinski definition) is 4. The lowest BCUT2D eigenvalue weighted by Gasteiger charge is -2.52. The van der Waals surface area contributed by atoms with Crippen LogP contribution in [0.3, 0.4) is 0 Å². The van der Waals surface area contributed by atoms with Crippen molar-refractivity contribution in [3.63, 3.8) is 0 Å². The van der Waals surface area contributed by atoms with Gasteiger partial charge in [-0.3, -0.25) is 9.88 Å². The van der Waals surface area contributed by atoms with Crippen molar-refractivity contribution in [2.24, 2.45) is 28.6 Å². The van der Waals surface area contributed by atoms with E-state index in [0.29, 0.717) is 29.4 Å². The number of ether oxygens (including phenoxy) is 2. The van der Waals surface area contributed by atoms with Crippen LogP contribution in [0, 0.1) is 28.6 Å². The molecule has 0 radical (unpaired) electrons. The Kier molecular flexibility index (Phi) is 5.35. The monoisotopic (exact) mass is 460 g/mol. The molecule has 2 aliphatic carbocycles. The molecular weight excluding hydrogens is 420 g/mol. The minimum absolute atomic E-state index is 0.0446. The van der Waals surface area contributed by atoms with E-state index < -0.39 is 0 Å². The van der Waals surface area contributed by atoms with Gasteiger partial charge in [0, 0.05) is 24.2 Å². The molecule has 4 unspecified atom stereocenters. The number of pyridine rings is 1. The minimum Gasteiger partial charge on any atom is -0.497 e. The number of piperidine rings is 3. The second-order valence-electron chi connectivity index (χ2n) is 12.2. The minimum atomic E-state index is 0.0446. The number of nitrogens with zero attached hydrogens (tertiary/aromatic N) is 2. The maximum atomic E-state index is 7.38. The van der Waals surface area contributed by atoms with Crippen molar-refractivity contribution in [1.82, 2.24) is 9.88 Å². The van der Waals surface area contributed by atoms with E-state index in [2.05, 4.69) is 61.5 Å². The first-order chi connectivity index (χ1) is 16.4. The second kappa shape index (κ2) is 8.06. The van der Waals surface area contributed by atoms with Gasteiger partial charge in [-0.2, -0.15) is 0 Å². The summed E-state index contributed by atoms with van der Waals surface area (Å²) in [6.07, 6.45) is 10.8. The number of aromatic nitrogens is 1. The molecule has 5 fully saturated rings. The maximum absolute atomic E-state index is 7.38. The van der Waals surface area contributed by atoms with Crippen molar-refractivity contribution in [3.8, 4) is 5.75 Å². The Morgan fingerprint density at radius 2 is 2.03 bits per heavy atom. The summed E-state index contributed by atoms with van der Waals surface area (Å²) in [4.78, 5) is 7.39. The van der Waals surface area contributed by atoms with Gasteiger partial charge in [-0.1, -0.05) is 26.8 Å². The fraction of sp³-hybridized carbons (Fsp3) is 0.633. The molecule has 3 aliphatic heterocycles. The molecule has 3 saturated heterocycles. The van der Waals surface area contributed by atoms with E-state index >= 15 is 0 Å². The molecule has 0 amide bonds. The van der Waals surface area contributed by atoms with Crippen LogP contribution in [-0.2, 0) is 4.74 Å². The summed E-state index contributed by atoms with van der Waals surface area (Å²) >= 11 is 0. The standard InChI is InChI=1S/C30H40N2O2/c1-6-19-18-32-14-11-20(19)15-26(32)28(34-27-16-21-9-12-30(27,4)29(21,2)3)23-10-13-31-25-8-7-22(33-5)17-24(23)25/h6-8,10,13,17,19-21,26-28H,1,9,11-12,14-16,18H2,2-5H3/t19-,20-,21?,26+,27?,28-,30?/m0/s1. The van der Waals surface area contributed by atoms with E-state index in [9.17, 15) is 0 Å². The van der Waals surface area contributed by atoms with Crippen LogP contribution in [0.2, 0.25) is 0 Å². The highest BCUT2D eigenvalue weighted by Crippen LogP contribution is 2.67. The van der Waals surface area contributed by atoms with Gasteiger partial charge in [0.15, 0.2) is 0 Å². The summed E-state index contributed by atoms with van der Waals surface area (Å²) < 4.78 is 13.0. The summed E-state index contributed by atoms with van der Waals surface area (Å²) in [5.74, 6) is 2.98. The smallest absolute Gasteiger partial charge is 0.119 e. The van der Waals surface area contributed by atoms with Gasteiger partial charge in [0.05, 0.1) is 24.8 Å². The van der Waals surface area contributed by atoms with Gasteiger partial charge in [0.2, 0.25) is 0 Å². The maximum Gasteiger partial charge on any atom is 0.119 e. The molecule has 4 bridgehead atoms. The van der Waals surface area contributed by atoms with Gasteiger partial charge in [0.25, 0.3) is 0 Å². The van der Waals surface area contributed by atoms with Crippen molar-refractivity contribution >= 4 is 10.9 Å². The molecule has 5 aliphatic rings. The lowest BCUT2D eigenvalue weighted by atomic mass is 9.69. The largest absolute Gasteiger partial charge is 0.497 e. The zero-order chi connectivity index (χ0) is 23.7. The van der Waals surface area contributed by atoms with E-state index in [-0.39, 0.29) is 11.5 Å². The normalized spacial score (nSPS) is 38.8. The highest BCUT2D eigenvalue weighted by molar-refractivity contribution is 5.84. The summed E-state index contributed by atoms with van der Waals surface area (Å²) in [6, 6.07) is 8.86. The first-order valence-corrected chi connectivity index (χ1v) is 13.3. The topological polar surface area (TPSA) is 34.6 Å². The number of rotatable bonds is 6. The van der Waals surface area contributed by atoms with Crippen LogP contribution in [0.25, 0.3) is 10.9 Å². The predicted molar refractivity (Wildman–Crippen MR) is 137 cm³/mol. The van der Waals surface area contributed by atoms with Crippen molar-refractivity contribution < 1.29 is 9.47 Å². The average molecular weight is 461 g/mol. The molecule has 8 atom stereocenters. The zero-order valence-electron chi connectivity index (χ0n) is 21.3. The van der Waals surface area contributed by atoms with Crippen molar-refractivity contribution in [2.75, 3.05) is 20.2 Å². The lowest BCUT2D eigenvalue weighted by Crippen LogP contribution is -2.56. The molecule has 2 aromatic rings. The first-order valence-electron chi connectivity index (χ1n) is 13.3. The van der Waals surface area contributed by atoms with Crippen LogP contribution < -0.4 is 4.74 Å². The Balaban J connectivity index is 1.42. The van der Waals surface area contributed by atoms with Gasteiger partial charge >= 0.3 is 0 Å². The molecule has 182 valence electrons. The summed E-state index contributed by atoms with van der Waals surface area (Å²) in [6.45, 7) is 13.9. The number of hydrogen-bond donors (Lipinski definition) is 0. The summed E-state index contributed by atoms with van der Waals surface area (Å²) in [5, 5.41) is 1.17. The molecule has 0 spiro atoms. The zero-order valence-corrected chi connectivity index (χ0v) is 21.3. The first kappa shape index (κ1) is 22.5. The molecule has 1 aromatic carbocycles. The van der Waals surface area contributed by atoms with Crippen LogP contribution in [-0.4, -0.2) is 42.2 Å². The van der Waals surface area contributed by atoms with Crippen LogP contribution in [0.4, 0.5) is 0 Å². The molecule has 4 nitrogen and oxygen atoms in total. The molecule has 0 N–H and O–H groups in total. The molecule has 34 heavy (non-hydrogen) atoms. The summed E-state index contributed by atoms with van der Waals surface area (Å²) in [7, 11) is 1.74. The molecule has 4 heteroatoms. The highest BCUT2D eigenvalue weighted by Gasteiger charge is 2.62.